The van der Waals surface area contributed by atoms with Crippen LogP contribution < -0.4 is 0 Å². The van der Waals surface area contributed by atoms with Crippen molar-refractivity contribution < 1.29 is 9.90 Å². The van der Waals surface area contributed by atoms with Crippen LogP contribution in [-0.4, -0.2) is 39.3 Å². The lowest BCUT2D eigenvalue weighted by Gasteiger charge is -2.23. The zero-order valence-electron chi connectivity index (χ0n) is 9.31. The monoisotopic (exact) mass is 221 g/mol. The third-order valence-electron chi connectivity index (χ3n) is 3.38. The Hall–Kier alpha value is -1.36. The number of aromatic nitrogens is 2. The van der Waals surface area contributed by atoms with Gasteiger partial charge in [-0.25, -0.2) is 4.79 Å². The molecule has 1 aromatic rings. The minimum atomic E-state index is -0.889. The first-order valence-corrected chi connectivity index (χ1v) is 5.69. The summed E-state index contributed by atoms with van der Waals surface area (Å²) in [7, 11) is 2.06. The van der Waals surface area contributed by atoms with Crippen LogP contribution in [0.4, 0.5) is 0 Å². The van der Waals surface area contributed by atoms with Gasteiger partial charge in [0.1, 0.15) is 0 Å². The second kappa shape index (κ2) is 3.31. The summed E-state index contributed by atoms with van der Waals surface area (Å²) in [6.45, 7) is 1.75. The molecular formula is C11H15N3O2. The second-order valence-corrected chi connectivity index (χ2v) is 4.74. The molecule has 1 aliphatic carbocycles. The second-order valence-electron chi connectivity index (χ2n) is 4.74. The molecule has 1 saturated carbocycles. The topological polar surface area (TPSA) is 58.4 Å². The zero-order valence-corrected chi connectivity index (χ0v) is 9.31. The van der Waals surface area contributed by atoms with Crippen LogP contribution in [0.1, 0.15) is 40.6 Å². The van der Waals surface area contributed by atoms with Crippen molar-refractivity contribution in [3.05, 3.63) is 17.0 Å². The lowest BCUT2D eigenvalue weighted by atomic mass is 10.0. The number of fused-ring (bicyclic) bond motifs is 1. The number of likely N-dealkylation sites (N-methyl/N-ethyl adjacent to an activating group) is 1. The molecule has 0 bridgehead atoms. The van der Waals surface area contributed by atoms with Crippen molar-refractivity contribution in [1.82, 2.24) is 14.7 Å². The van der Waals surface area contributed by atoms with Crippen LogP contribution in [0.5, 0.6) is 0 Å². The fraction of sp³-hybridized carbons (Fsp3) is 0.636. The molecule has 1 aromatic heterocycles. The van der Waals surface area contributed by atoms with Gasteiger partial charge in [-0.2, -0.15) is 5.10 Å². The van der Waals surface area contributed by atoms with Crippen LogP contribution in [0.25, 0.3) is 0 Å². The highest BCUT2D eigenvalue weighted by molar-refractivity contribution is 5.87. The molecule has 0 aromatic carbocycles. The standard InChI is InChI=1S/C11H15N3O2/c1-13-5-4-8-9(6-13)14(7-2-3-7)12-10(8)11(15)16/h7H,2-6H2,1H3,(H,15,16). The predicted octanol–water partition coefficient (Wildman–Crippen LogP) is 0.904. The fourth-order valence-electron chi connectivity index (χ4n) is 2.36. The average molecular weight is 221 g/mol. The number of aromatic carboxylic acids is 1. The van der Waals surface area contributed by atoms with Crippen LogP contribution in [0, 0.1) is 0 Å². The van der Waals surface area contributed by atoms with Gasteiger partial charge < -0.3 is 10.0 Å². The van der Waals surface area contributed by atoms with Crippen molar-refractivity contribution in [3.63, 3.8) is 0 Å². The molecular weight excluding hydrogens is 206 g/mol. The summed E-state index contributed by atoms with van der Waals surface area (Å²) in [4.78, 5) is 13.3. The Bertz CT molecular complexity index is 448. The van der Waals surface area contributed by atoms with E-state index in [1.165, 1.54) is 0 Å². The van der Waals surface area contributed by atoms with Crippen LogP contribution in [0.3, 0.4) is 0 Å². The van der Waals surface area contributed by atoms with Crippen molar-refractivity contribution in [1.29, 1.82) is 0 Å². The van der Waals surface area contributed by atoms with Gasteiger partial charge in [-0.05, 0) is 26.3 Å². The summed E-state index contributed by atoms with van der Waals surface area (Å²) < 4.78 is 1.95. The van der Waals surface area contributed by atoms with E-state index in [9.17, 15) is 4.79 Å². The smallest absolute Gasteiger partial charge is 0.356 e. The molecule has 1 aliphatic heterocycles. The largest absolute Gasteiger partial charge is 0.476 e. The van der Waals surface area contributed by atoms with Crippen LogP contribution in [0.2, 0.25) is 0 Å². The Labute approximate surface area is 93.7 Å². The molecule has 2 heterocycles. The number of rotatable bonds is 2. The molecule has 86 valence electrons. The zero-order chi connectivity index (χ0) is 11.3. The van der Waals surface area contributed by atoms with Gasteiger partial charge >= 0.3 is 5.97 Å². The predicted molar refractivity (Wildman–Crippen MR) is 57.5 cm³/mol. The molecule has 0 spiro atoms. The van der Waals surface area contributed by atoms with Gasteiger partial charge in [-0.3, -0.25) is 4.68 Å². The quantitative estimate of drug-likeness (QED) is 0.806. The van der Waals surface area contributed by atoms with Crippen LogP contribution >= 0.6 is 0 Å². The third kappa shape index (κ3) is 1.43. The van der Waals surface area contributed by atoms with Gasteiger partial charge in [0.15, 0.2) is 5.69 Å². The molecule has 0 atom stereocenters. The number of carboxylic acids is 1. The van der Waals surface area contributed by atoms with Crippen LogP contribution in [-0.2, 0) is 13.0 Å². The fourth-order valence-corrected chi connectivity index (χ4v) is 2.36. The van der Waals surface area contributed by atoms with Crippen molar-refractivity contribution in [2.75, 3.05) is 13.6 Å². The van der Waals surface area contributed by atoms with Crippen LogP contribution in [0.15, 0.2) is 0 Å². The van der Waals surface area contributed by atoms with Crippen molar-refractivity contribution in [3.8, 4) is 0 Å². The summed E-state index contributed by atoms with van der Waals surface area (Å²) in [6, 6.07) is 0.452. The Morgan fingerprint density at radius 2 is 2.25 bits per heavy atom. The maximum absolute atomic E-state index is 11.1. The summed E-state index contributed by atoms with van der Waals surface area (Å²) in [5.41, 5.74) is 2.35. The van der Waals surface area contributed by atoms with Crippen molar-refractivity contribution >= 4 is 5.97 Å². The molecule has 1 fully saturated rings. The Morgan fingerprint density at radius 1 is 1.50 bits per heavy atom. The van der Waals surface area contributed by atoms with Gasteiger partial charge in [0, 0.05) is 18.7 Å². The van der Waals surface area contributed by atoms with Crippen molar-refractivity contribution in [2.24, 2.45) is 0 Å². The molecule has 0 amide bonds. The van der Waals surface area contributed by atoms with E-state index < -0.39 is 5.97 Å². The molecule has 16 heavy (non-hydrogen) atoms. The molecule has 5 heteroatoms. The first-order valence-electron chi connectivity index (χ1n) is 5.69. The van der Waals surface area contributed by atoms with Gasteiger partial charge in [0.2, 0.25) is 0 Å². The summed E-state index contributed by atoms with van der Waals surface area (Å²) >= 11 is 0. The first kappa shape index (κ1) is 9.84. The number of nitrogens with zero attached hydrogens (tertiary/aromatic N) is 3. The highest BCUT2D eigenvalue weighted by atomic mass is 16.4. The lowest BCUT2D eigenvalue weighted by molar-refractivity contribution is 0.0688. The summed E-state index contributed by atoms with van der Waals surface area (Å²) in [6.07, 6.45) is 3.08. The van der Waals surface area contributed by atoms with E-state index in [0.29, 0.717) is 6.04 Å². The third-order valence-corrected chi connectivity index (χ3v) is 3.38. The number of hydrogen-bond acceptors (Lipinski definition) is 3. The molecule has 2 aliphatic rings. The van der Waals surface area contributed by atoms with E-state index >= 15 is 0 Å². The van der Waals surface area contributed by atoms with E-state index in [4.69, 9.17) is 5.11 Å². The average Bonchev–Trinajstić information content (AvgIpc) is 3.00. The molecule has 0 radical (unpaired) electrons. The van der Waals surface area contributed by atoms with E-state index in [1.807, 2.05) is 4.68 Å². The summed E-state index contributed by atoms with van der Waals surface area (Å²) in [5, 5.41) is 13.4. The molecule has 0 unspecified atom stereocenters. The number of carbonyl (C=O) groups is 1. The Kier molecular flexibility index (Phi) is 2.04. The molecule has 0 saturated heterocycles. The first-order chi connectivity index (χ1) is 7.66. The lowest BCUT2D eigenvalue weighted by Crippen LogP contribution is -2.28. The SMILES string of the molecule is CN1CCc2c(C(=O)O)nn(C3CC3)c2C1. The van der Waals surface area contributed by atoms with Gasteiger partial charge in [-0.15, -0.1) is 0 Å². The highest BCUT2D eigenvalue weighted by Crippen LogP contribution is 2.37. The van der Waals surface area contributed by atoms with E-state index in [1.54, 1.807) is 0 Å². The number of hydrogen-bond donors (Lipinski definition) is 1. The Balaban J connectivity index is 2.09. The van der Waals surface area contributed by atoms with E-state index in [2.05, 4.69) is 17.0 Å². The van der Waals surface area contributed by atoms with Gasteiger partial charge in [0.25, 0.3) is 0 Å². The Morgan fingerprint density at radius 3 is 2.88 bits per heavy atom. The normalized spacial score (nSPS) is 20.8. The minimum absolute atomic E-state index is 0.273. The van der Waals surface area contributed by atoms with Gasteiger partial charge in [0.05, 0.1) is 11.7 Å². The molecule has 3 rings (SSSR count). The van der Waals surface area contributed by atoms with Crippen molar-refractivity contribution in [2.45, 2.75) is 31.8 Å². The van der Waals surface area contributed by atoms with E-state index in [0.717, 1.165) is 43.6 Å². The molecule has 5 nitrogen and oxygen atoms in total. The maximum atomic E-state index is 11.1. The summed E-state index contributed by atoms with van der Waals surface area (Å²) in [5.74, 6) is -0.889. The number of carboxylic acid groups (broad SMARTS) is 1. The van der Waals surface area contributed by atoms with Gasteiger partial charge in [-0.1, -0.05) is 0 Å². The maximum Gasteiger partial charge on any atom is 0.356 e. The molecule has 1 N–H and O–H groups in total. The highest BCUT2D eigenvalue weighted by Gasteiger charge is 2.33. The van der Waals surface area contributed by atoms with E-state index in [-0.39, 0.29) is 5.69 Å². The minimum Gasteiger partial charge on any atom is -0.476 e.